The fraction of sp³-hybridized carbons (Fsp3) is 0.769. The highest BCUT2D eigenvalue weighted by atomic mass is 16.2. The third-order valence-corrected chi connectivity index (χ3v) is 3.84. The number of aromatic amines is 1. The van der Waals surface area contributed by atoms with E-state index in [9.17, 15) is 4.79 Å². The second-order valence-electron chi connectivity index (χ2n) is 5.21. The molecule has 5 nitrogen and oxygen atoms in total. The summed E-state index contributed by atoms with van der Waals surface area (Å²) in [5.41, 5.74) is 0. The SMILES string of the molecule is CCCc1nc(C(=O)N2CCCC(C)C2C)n[nH]1. The van der Waals surface area contributed by atoms with E-state index < -0.39 is 0 Å². The van der Waals surface area contributed by atoms with Crippen molar-refractivity contribution < 1.29 is 4.79 Å². The van der Waals surface area contributed by atoms with Gasteiger partial charge in [0.25, 0.3) is 5.91 Å². The number of aromatic nitrogens is 3. The topological polar surface area (TPSA) is 61.9 Å². The van der Waals surface area contributed by atoms with Crippen LogP contribution in [0, 0.1) is 5.92 Å². The van der Waals surface area contributed by atoms with E-state index in [0.29, 0.717) is 11.7 Å². The van der Waals surface area contributed by atoms with Crippen LogP contribution in [0.15, 0.2) is 0 Å². The van der Waals surface area contributed by atoms with Crippen LogP contribution in [-0.2, 0) is 6.42 Å². The predicted molar refractivity (Wildman–Crippen MR) is 69.3 cm³/mol. The van der Waals surface area contributed by atoms with Crippen molar-refractivity contribution in [2.45, 2.75) is 52.5 Å². The van der Waals surface area contributed by atoms with Gasteiger partial charge < -0.3 is 4.90 Å². The van der Waals surface area contributed by atoms with Gasteiger partial charge in [-0.15, -0.1) is 5.10 Å². The zero-order valence-corrected chi connectivity index (χ0v) is 11.4. The zero-order valence-electron chi connectivity index (χ0n) is 11.4. The van der Waals surface area contributed by atoms with E-state index >= 15 is 0 Å². The summed E-state index contributed by atoms with van der Waals surface area (Å²) in [6.07, 6.45) is 4.11. The van der Waals surface area contributed by atoms with Crippen LogP contribution in [0.25, 0.3) is 0 Å². The molecule has 100 valence electrons. The number of hydrogen-bond acceptors (Lipinski definition) is 3. The van der Waals surface area contributed by atoms with E-state index in [1.807, 2.05) is 4.90 Å². The molecule has 2 rings (SSSR count). The van der Waals surface area contributed by atoms with Crippen LogP contribution < -0.4 is 0 Å². The number of nitrogens with one attached hydrogen (secondary N) is 1. The van der Waals surface area contributed by atoms with Gasteiger partial charge in [-0.3, -0.25) is 9.89 Å². The van der Waals surface area contributed by atoms with Gasteiger partial charge in [-0.1, -0.05) is 13.8 Å². The second-order valence-corrected chi connectivity index (χ2v) is 5.21. The summed E-state index contributed by atoms with van der Waals surface area (Å²) in [4.78, 5) is 18.5. The molecule has 1 aliphatic heterocycles. The maximum absolute atomic E-state index is 12.4. The molecule has 0 spiro atoms. The second kappa shape index (κ2) is 5.50. The Morgan fingerprint density at radius 1 is 1.50 bits per heavy atom. The number of rotatable bonds is 3. The smallest absolute Gasteiger partial charge is 0.293 e. The molecule has 0 radical (unpaired) electrons. The fourth-order valence-corrected chi connectivity index (χ4v) is 2.49. The van der Waals surface area contributed by atoms with Gasteiger partial charge in [-0.05, 0) is 32.1 Å². The molecule has 1 amide bonds. The Kier molecular flexibility index (Phi) is 3.99. The number of nitrogens with zero attached hydrogens (tertiary/aromatic N) is 3. The summed E-state index contributed by atoms with van der Waals surface area (Å²) in [7, 11) is 0. The van der Waals surface area contributed by atoms with Crippen molar-refractivity contribution >= 4 is 5.91 Å². The molecular weight excluding hydrogens is 228 g/mol. The molecule has 1 aromatic heterocycles. The summed E-state index contributed by atoms with van der Waals surface area (Å²) in [6, 6.07) is 0.277. The number of hydrogen-bond donors (Lipinski definition) is 1. The predicted octanol–water partition coefficient (Wildman–Crippen LogP) is 2.02. The minimum Gasteiger partial charge on any atom is -0.333 e. The lowest BCUT2D eigenvalue weighted by Crippen LogP contribution is -2.46. The molecular formula is C13H22N4O. The summed E-state index contributed by atoms with van der Waals surface area (Å²) in [6.45, 7) is 7.21. The Bertz CT molecular complexity index is 415. The molecule has 2 atom stereocenters. The van der Waals surface area contributed by atoms with E-state index in [4.69, 9.17) is 0 Å². The van der Waals surface area contributed by atoms with Crippen molar-refractivity contribution in [1.82, 2.24) is 20.1 Å². The van der Waals surface area contributed by atoms with E-state index in [-0.39, 0.29) is 11.9 Å². The molecule has 1 aromatic rings. The van der Waals surface area contributed by atoms with Gasteiger partial charge in [0.1, 0.15) is 5.82 Å². The molecule has 1 saturated heterocycles. The normalized spacial score (nSPS) is 24.3. The maximum Gasteiger partial charge on any atom is 0.293 e. The number of H-pyrrole nitrogens is 1. The Labute approximate surface area is 108 Å². The van der Waals surface area contributed by atoms with Gasteiger partial charge in [0.05, 0.1) is 0 Å². The molecule has 0 saturated carbocycles. The van der Waals surface area contributed by atoms with Gasteiger partial charge in [0.15, 0.2) is 0 Å². The minimum absolute atomic E-state index is 0.0346. The third-order valence-electron chi connectivity index (χ3n) is 3.84. The quantitative estimate of drug-likeness (QED) is 0.892. The summed E-state index contributed by atoms with van der Waals surface area (Å²) >= 11 is 0. The van der Waals surface area contributed by atoms with E-state index in [1.165, 1.54) is 6.42 Å². The zero-order chi connectivity index (χ0) is 13.1. The van der Waals surface area contributed by atoms with Gasteiger partial charge in [-0.25, -0.2) is 4.98 Å². The molecule has 0 aliphatic carbocycles. The van der Waals surface area contributed by atoms with Crippen LogP contribution in [-0.4, -0.2) is 38.6 Å². The van der Waals surface area contributed by atoms with Crippen LogP contribution in [0.5, 0.6) is 0 Å². The first-order valence-corrected chi connectivity index (χ1v) is 6.85. The van der Waals surface area contributed by atoms with Gasteiger partial charge in [-0.2, -0.15) is 0 Å². The Morgan fingerprint density at radius 3 is 3.00 bits per heavy atom. The largest absolute Gasteiger partial charge is 0.333 e. The first-order chi connectivity index (χ1) is 8.63. The van der Waals surface area contributed by atoms with Crippen LogP contribution in [0.2, 0.25) is 0 Å². The molecule has 2 unspecified atom stereocenters. The number of carbonyl (C=O) groups is 1. The Balaban J connectivity index is 2.09. The molecule has 18 heavy (non-hydrogen) atoms. The van der Waals surface area contributed by atoms with Gasteiger partial charge >= 0.3 is 0 Å². The summed E-state index contributed by atoms with van der Waals surface area (Å²) < 4.78 is 0. The van der Waals surface area contributed by atoms with Crippen LogP contribution in [0.3, 0.4) is 0 Å². The molecule has 0 bridgehead atoms. The monoisotopic (exact) mass is 250 g/mol. The number of piperidine rings is 1. The highest BCUT2D eigenvalue weighted by molar-refractivity contribution is 5.90. The molecule has 2 heterocycles. The van der Waals surface area contributed by atoms with Crippen molar-refractivity contribution in [2.24, 2.45) is 5.92 Å². The number of likely N-dealkylation sites (tertiary alicyclic amines) is 1. The van der Waals surface area contributed by atoms with Crippen LogP contribution in [0.4, 0.5) is 0 Å². The molecule has 1 fully saturated rings. The lowest BCUT2D eigenvalue weighted by atomic mass is 9.92. The molecule has 0 aromatic carbocycles. The van der Waals surface area contributed by atoms with Crippen molar-refractivity contribution in [3.8, 4) is 0 Å². The number of aryl methyl sites for hydroxylation is 1. The average Bonchev–Trinajstić information content (AvgIpc) is 2.81. The number of carbonyl (C=O) groups excluding carboxylic acids is 1. The van der Waals surface area contributed by atoms with E-state index in [2.05, 4.69) is 36.0 Å². The summed E-state index contributed by atoms with van der Waals surface area (Å²) in [5, 5.41) is 6.89. The Hall–Kier alpha value is -1.39. The Morgan fingerprint density at radius 2 is 2.28 bits per heavy atom. The standard InChI is InChI=1S/C13H22N4O/c1-4-6-11-14-12(16-15-11)13(18)17-8-5-7-9(2)10(17)3/h9-10H,4-8H2,1-3H3,(H,14,15,16). The first kappa shape index (κ1) is 13.1. The highest BCUT2D eigenvalue weighted by Crippen LogP contribution is 2.23. The van der Waals surface area contributed by atoms with Gasteiger partial charge in [0.2, 0.25) is 5.82 Å². The van der Waals surface area contributed by atoms with Crippen LogP contribution in [0.1, 0.15) is 56.5 Å². The molecule has 1 aliphatic rings. The number of amides is 1. The van der Waals surface area contributed by atoms with Crippen LogP contribution >= 0.6 is 0 Å². The highest BCUT2D eigenvalue weighted by Gasteiger charge is 2.30. The molecule has 1 N–H and O–H groups in total. The van der Waals surface area contributed by atoms with Gasteiger partial charge in [0, 0.05) is 19.0 Å². The van der Waals surface area contributed by atoms with Crippen molar-refractivity contribution in [3.05, 3.63) is 11.6 Å². The summed E-state index contributed by atoms with van der Waals surface area (Å²) in [5.74, 6) is 1.64. The van der Waals surface area contributed by atoms with Crippen molar-refractivity contribution in [2.75, 3.05) is 6.54 Å². The fourth-order valence-electron chi connectivity index (χ4n) is 2.49. The van der Waals surface area contributed by atoms with E-state index in [1.54, 1.807) is 0 Å². The minimum atomic E-state index is -0.0346. The lowest BCUT2D eigenvalue weighted by Gasteiger charge is -2.37. The van der Waals surface area contributed by atoms with Crippen molar-refractivity contribution in [3.63, 3.8) is 0 Å². The lowest BCUT2D eigenvalue weighted by molar-refractivity contribution is 0.0539. The van der Waals surface area contributed by atoms with Crippen molar-refractivity contribution in [1.29, 1.82) is 0 Å². The third kappa shape index (κ3) is 2.54. The molecule has 5 heteroatoms. The average molecular weight is 250 g/mol. The van der Waals surface area contributed by atoms with E-state index in [0.717, 1.165) is 31.6 Å². The first-order valence-electron chi connectivity index (χ1n) is 6.85. The maximum atomic E-state index is 12.4.